The van der Waals surface area contributed by atoms with Crippen LogP contribution in [0.25, 0.3) is 11.1 Å². The van der Waals surface area contributed by atoms with Crippen molar-refractivity contribution in [3.05, 3.63) is 82.9 Å². The van der Waals surface area contributed by atoms with Crippen LogP contribution in [0, 0.1) is 6.92 Å². The molecule has 0 saturated heterocycles. The second kappa shape index (κ2) is 9.19. The molecule has 1 aliphatic carbocycles. The van der Waals surface area contributed by atoms with Crippen LogP contribution in [-0.4, -0.2) is 36.2 Å². The van der Waals surface area contributed by atoms with Gasteiger partial charge in [-0.2, -0.15) is 0 Å². The summed E-state index contributed by atoms with van der Waals surface area (Å²) in [7, 11) is 0. The number of hydrogen-bond donors (Lipinski definition) is 2. The molecule has 6 nitrogen and oxygen atoms in total. The van der Waals surface area contributed by atoms with Crippen molar-refractivity contribution >= 4 is 11.7 Å². The first kappa shape index (κ1) is 23.1. The molecule has 6 heteroatoms. The Kier molecular flexibility index (Phi) is 6.07. The maximum absolute atomic E-state index is 13.4. The quantitative estimate of drug-likeness (QED) is 0.487. The Hall–Kier alpha value is -3.64. The van der Waals surface area contributed by atoms with Crippen LogP contribution in [0.4, 0.5) is 0 Å². The molecule has 0 spiro atoms. The van der Waals surface area contributed by atoms with Gasteiger partial charge in [-0.1, -0.05) is 36.4 Å². The van der Waals surface area contributed by atoms with E-state index < -0.39 is 11.5 Å². The van der Waals surface area contributed by atoms with E-state index in [1.165, 1.54) is 0 Å². The standard InChI is InChI=1S/C29H29NO5.2H2/c1-18-3-4-20(13-24(18)21-5-7-22(8-6-21)28(33)30-16-19(2)31)14-27(32)29(11-12-29)23-9-10-25-26(15-23)35-17-34-25;;/h3-10,13,15,19,31H,11-12,14,16-17H2,1-2H3,(H,30,33);2*1H/t19-;;/m1../s1. The third-order valence-corrected chi connectivity index (χ3v) is 6.89. The second-order valence-electron chi connectivity index (χ2n) is 9.54. The van der Waals surface area contributed by atoms with Crippen molar-refractivity contribution in [3.8, 4) is 22.6 Å². The minimum Gasteiger partial charge on any atom is -0.454 e. The normalized spacial score (nSPS) is 16.0. The lowest BCUT2D eigenvalue weighted by Gasteiger charge is -2.16. The van der Waals surface area contributed by atoms with Gasteiger partial charge >= 0.3 is 0 Å². The fourth-order valence-electron chi connectivity index (χ4n) is 4.64. The van der Waals surface area contributed by atoms with Crippen LogP contribution in [0.3, 0.4) is 0 Å². The van der Waals surface area contributed by atoms with E-state index in [2.05, 4.69) is 11.4 Å². The van der Waals surface area contributed by atoms with E-state index in [-0.39, 0.29) is 27.9 Å². The molecule has 5 rings (SSSR count). The topological polar surface area (TPSA) is 84.9 Å². The highest BCUT2D eigenvalue weighted by atomic mass is 16.7. The van der Waals surface area contributed by atoms with Crippen LogP contribution in [-0.2, 0) is 16.6 Å². The fraction of sp³-hybridized carbons (Fsp3) is 0.310. The van der Waals surface area contributed by atoms with Crippen molar-refractivity contribution in [1.29, 1.82) is 0 Å². The van der Waals surface area contributed by atoms with Gasteiger partial charge in [-0.05, 0) is 78.8 Å². The summed E-state index contributed by atoms with van der Waals surface area (Å²) in [6.07, 6.45) is 1.47. The molecule has 2 aliphatic rings. The molecule has 0 bridgehead atoms. The van der Waals surface area contributed by atoms with E-state index in [1.54, 1.807) is 19.1 Å². The third kappa shape index (κ3) is 4.66. The van der Waals surface area contributed by atoms with Gasteiger partial charge in [-0.3, -0.25) is 9.59 Å². The molecular weight excluding hydrogens is 442 g/mol. The Morgan fingerprint density at radius 3 is 2.49 bits per heavy atom. The van der Waals surface area contributed by atoms with E-state index in [0.29, 0.717) is 17.7 Å². The van der Waals surface area contributed by atoms with Crippen LogP contribution < -0.4 is 14.8 Å². The number of Topliss-reactive ketones (excluding diaryl/α,β-unsaturated/α-hetero) is 1. The van der Waals surface area contributed by atoms with E-state index >= 15 is 0 Å². The van der Waals surface area contributed by atoms with Crippen LogP contribution in [0.2, 0.25) is 0 Å². The molecule has 3 aromatic carbocycles. The zero-order chi connectivity index (χ0) is 24.6. The monoisotopic (exact) mass is 475 g/mol. The predicted octanol–water partition coefficient (Wildman–Crippen LogP) is 4.84. The van der Waals surface area contributed by atoms with Crippen LogP contribution in [0.5, 0.6) is 11.5 Å². The lowest BCUT2D eigenvalue weighted by atomic mass is 9.87. The van der Waals surface area contributed by atoms with Crippen molar-refractivity contribution in [3.63, 3.8) is 0 Å². The zero-order valence-electron chi connectivity index (χ0n) is 20.0. The molecule has 184 valence electrons. The number of aliphatic hydroxyl groups is 1. The molecule has 0 aromatic heterocycles. The number of amides is 1. The summed E-state index contributed by atoms with van der Waals surface area (Å²) in [4.78, 5) is 25.7. The van der Waals surface area contributed by atoms with Gasteiger partial charge in [0.2, 0.25) is 6.79 Å². The number of benzene rings is 3. The molecule has 1 atom stereocenters. The predicted molar refractivity (Wildman–Crippen MR) is 137 cm³/mol. The molecule has 1 amide bonds. The van der Waals surface area contributed by atoms with E-state index in [9.17, 15) is 14.7 Å². The van der Waals surface area contributed by atoms with Gasteiger partial charge in [0.25, 0.3) is 5.91 Å². The molecule has 1 saturated carbocycles. The van der Waals surface area contributed by atoms with Crippen molar-refractivity contribution in [2.24, 2.45) is 0 Å². The average Bonchev–Trinajstić information content (AvgIpc) is 3.54. The largest absolute Gasteiger partial charge is 0.454 e. The molecule has 2 N–H and O–H groups in total. The zero-order valence-corrected chi connectivity index (χ0v) is 20.0. The second-order valence-corrected chi connectivity index (χ2v) is 9.54. The van der Waals surface area contributed by atoms with Gasteiger partial charge in [0, 0.05) is 21.4 Å². The molecular formula is C29H33NO5. The lowest BCUT2D eigenvalue weighted by molar-refractivity contribution is -0.120. The molecule has 1 heterocycles. The SMILES string of the molecule is Cc1ccc(CC(=O)C2(c3ccc4c(c3)OCO4)CC2)cc1-c1ccc(C(=O)NC[C@@H](C)O)cc1.[HH].[HH]. The minimum atomic E-state index is -0.592. The first-order valence-corrected chi connectivity index (χ1v) is 12.0. The van der Waals surface area contributed by atoms with Crippen LogP contribution in [0.1, 0.15) is 49.7 Å². The highest BCUT2D eigenvalue weighted by molar-refractivity contribution is 5.96. The van der Waals surface area contributed by atoms with Crippen LogP contribution in [0.15, 0.2) is 60.7 Å². The van der Waals surface area contributed by atoms with Crippen molar-refractivity contribution in [2.75, 3.05) is 13.3 Å². The number of carbonyl (C=O) groups is 2. The minimum absolute atomic E-state index is 0. The highest BCUT2D eigenvalue weighted by Crippen LogP contribution is 2.51. The molecule has 35 heavy (non-hydrogen) atoms. The number of rotatable bonds is 8. The fourth-order valence-corrected chi connectivity index (χ4v) is 4.64. The number of nitrogens with one attached hydrogen (secondary N) is 1. The van der Waals surface area contributed by atoms with Crippen LogP contribution >= 0.6 is 0 Å². The first-order valence-electron chi connectivity index (χ1n) is 12.0. The summed E-state index contributed by atoms with van der Waals surface area (Å²) in [6, 6.07) is 19.4. The molecule has 3 aromatic rings. The Balaban J connectivity index is 0.00000190. The summed E-state index contributed by atoms with van der Waals surface area (Å²) in [5.41, 5.74) is 5.21. The number of carbonyl (C=O) groups excluding carboxylic acids is 2. The van der Waals surface area contributed by atoms with E-state index in [0.717, 1.165) is 46.4 Å². The number of fused-ring (bicyclic) bond motifs is 1. The Morgan fingerprint density at radius 1 is 1.03 bits per heavy atom. The number of aliphatic hydroxyl groups excluding tert-OH is 1. The Bertz CT molecular complexity index is 1290. The first-order chi connectivity index (χ1) is 16.9. The lowest BCUT2D eigenvalue weighted by Crippen LogP contribution is -2.30. The summed E-state index contributed by atoms with van der Waals surface area (Å²) in [5, 5.41) is 12.1. The maximum atomic E-state index is 13.4. The van der Waals surface area contributed by atoms with Crippen molar-refractivity contribution < 1.29 is 27.0 Å². The van der Waals surface area contributed by atoms with Crippen molar-refractivity contribution in [1.82, 2.24) is 5.32 Å². The smallest absolute Gasteiger partial charge is 0.251 e. The average molecular weight is 476 g/mol. The van der Waals surface area contributed by atoms with E-state index in [4.69, 9.17) is 9.47 Å². The van der Waals surface area contributed by atoms with Gasteiger partial charge in [0.1, 0.15) is 5.78 Å². The van der Waals surface area contributed by atoms with Crippen molar-refractivity contribution in [2.45, 2.75) is 44.6 Å². The maximum Gasteiger partial charge on any atom is 0.251 e. The summed E-state index contributed by atoms with van der Waals surface area (Å²) < 4.78 is 10.9. The molecule has 1 aliphatic heterocycles. The highest BCUT2D eigenvalue weighted by Gasteiger charge is 2.50. The van der Waals surface area contributed by atoms with Gasteiger partial charge in [0.05, 0.1) is 11.5 Å². The molecule has 0 unspecified atom stereocenters. The third-order valence-electron chi connectivity index (χ3n) is 6.89. The summed E-state index contributed by atoms with van der Waals surface area (Å²) in [6.45, 7) is 4.10. The Morgan fingerprint density at radius 2 is 1.77 bits per heavy atom. The number of ketones is 1. The number of ether oxygens (including phenoxy) is 2. The van der Waals surface area contributed by atoms with Gasteiger partial charge in [0.15, 0.2) is 11.5 Å². The number of hydrogen-bond acceptors (Lipinski definition) is 5. The summed E-state index contributed by atoms with van der Waals surface area (Å²) in [5.74, 6) is 1.44. The van der Waals surface area contributed by atoms with Gasteiger partial charge in [-0.15, -0.1) is 0 Å². The summed E-state index contributed by atoms with van der Waals surface area (Å²) >= 11 is 0. The van der Waals surface area contributed by atoms with E-state index in [1.807, 2.05) is 49.4 Å². The van der Waals surface area contributed by atoms with Gasteiger partial charge < -0.3 is 19.9 Å². The number of aryl methyl sites for hydroxylation is 1. The molecule has 0 radical (unpaired) electrons. The van der Waals surface area contributed by atoms with Gasteiger partial charge in [-0.25, -0.2) is 0 Å². The molecule has 1 fully saturated rings. The Labute approximate surface area is 207 Å².